The van der Waals surface area contributed by atoms with Gasteiger partial charge in [-0.2, -0.15) is 0 Å². The maximum atomic E-state index is 14.4. The molecule has 0 saturated heterocycles. The lowest BCUT2D eigenvalue weighted by molar-refractivity contribution is 0.590. The van der Waals surface area contributed by atoms with Gasteiger partial charge in [0.2, 0.25) is 0 Å². The largest absolute Gasteiger partial charge is 0.307 e. The number of rotatable bonds is 1. The Morgan fingerprint density at radius 3 is 2.24 bits per heavy atom. The quantitative estimate of drug-likeness (QED) is 0.459. The second kappa shape index (κ2) is 4.42. The van der Waals surface area contributed by atoms with Crippen LogP contribution < -0.4 is 0 Å². The van der Waals surface area contributed by atoms with Crippen molar-refractivity contribution in [3.8, 4) is 5.69 Å². The number of fused-ring (bicyclic) bond motifs is 3. The zero-order valence-corrected chi connectivity index (χ0v) is 11.1. The van der Waals surface area contributed by atoms with Crippen molar-refractivity contribution in [2.45, 2.75) is 0 Å². The molecular formula is C18H11F2N. The molecule has 0 bridgehead atoms. The van der Waals surface area contributed by atoms with E-state index in [0.717, 1.165) is 22.7 Å². The normalized spacial score (nSPS) is 11.3. The van der Waals surface area contributed by atoms with Crippen LogP contribution in [0.5, 0.6) is 0 Å². The van der Waals surface area contributed by atoms with Gasteiger partial charge in [-0.05, 0) is 24.3 Å². The summed E-state index contributed by atoms with van der Waals surface area (Å²) in [7, 11) is 0. The Bertz CT molecular complexity index is 955. The molecule has 0 unspecified atom stereocenters. The summed E-state index contributed by atoms with van der Waals surface area (Å²) in [6.45, 7) is 0. The highest BCUT2D eigenvalue weighted by Gasteiger charge is 2.16. The molecule has 4 aromatic rings. The van der Waals surface area contributed by atoms with Crippen LogP contribution in [0.4, 0.5) is 8.78 Å². The van der Waals surface area contributed by atoms with Crippen molar-refractivity contribution in [3.63, 3.8) is 0 Å². The number of hydrogen-bond donors (Lipinski definition) is 0. The van der Waals surface area contributed by atoms with Crippen molar-refractivity contribution in [2.24, 2.45) is 0 Å². The van der Waals surface area contributed by atoms with Crippen LogP contribution in [0.15, 0.2) is 66.7 Å². The van der Waals surface area contributed by atoms with Crippen LogP contribution in [0, 0.1) is 11.6 Å². The Hall–Kier alpha value is -2.68. The van der Waals surface area contributed by atoms with E-state index in [-0.39, 0.29) is 0 Å². The third-order valence-corrected chi connectivity index (χ3v) is 3.70. The summed E-state index contributed by atoms with van der Waals surface area (Å²) in [6.07, 6.45) is 0. The zero-order valence-electron chi connectivity index (χ0n) is 11.1. The number of benzene rings is 3. The predicted octanol–water partition coefficient (Wildman–Crippen LogP) is 5.06. The molecule has 21 heavy (non-hydrogen) atoms. The zero-order chi connectivity index (χ0) is 14.4. The van der Waals surface area contributed by atoms with Crippen molar-refractivity contribution >= 4 is 21.8 Å². The number of aromatic nitrogens is 1. The molecule has 3 heteroatoms. The van der Waals surface area contributed by atoms with E-state index in [1.807, 2.05) is 59.2 Å². The van der Waals surface area contributed by atoms with Gasteiger partial charge in [0.05, 0.1) is 11.0 Å². The molecule has 0 fully saturated rings. The highest BCUT2D eigenvalue weighted by atomic mass is 19.1. The molecule has 102 valence electrons. The fourth-order valence-electron chi connectivity index (χ4n) is 2.86. The summed E-state index contributed by atoms with van der Waals surface area (Å²) in [5.41, 5.74) is 2.13. The highest BCUT2D eigenvalue weighted by molar-refractivity contribution is 6.09. The molecule has 1 aromatic heterocycles. The maximum Gasteiger partial charge on any atom is 0.150 e. The minimum atomic E-state index is -0.559. The summed E-state index contributed by atoms with van der Waals surface area (Å²) in [4.78, 5) is 0. The van der Waals surface area contributed by atoms with Crippen LogP contribution >= 0.6 is 0 Å². The first kappa shape index (κ1) is 12.1. The fourth-order valence-corrected chi connectivity index (χ4v) is 2.86. The van der Waals surface area contributed by atoms with E-state index in [4.69, 9.17) is 0 Å². The van der Waals surface area contributed by atoms with Crippen molar-refractivity contribution in [3.05, 3.63) is 78.4 Å². The van der Waals surface area contributed by atoms with Gasteiger partial charge in [-0.1, -0.05) is 36.4 Å². The van der Waals surface area contributed by atoms with E-state index in [1.54, 1.807) is 0 Å². The van der Waals surface area contributed by atoms with E-state index in [9.17, 15) is 8.78 Å². The van der Waals surface area contributed by atoms with E-state index in [2.05, 4.69) is 0 Å². The molecule has 0 saturated carbocycles. The molecule has 0 spiro atoms. The van der Waals surface area contributed by atoms with Gasteiger partial charge < -0.3 is 4.57 Å². The van der Waals surface area contributed by atoms with Gasteiger partial charge in [-0.15, -0.1) is 0 Å². The molecule has 0 amide bonds. The van der Waals surface area contributed by atoms with Crippen LogP contribution in [0.2, 0.25) is 0 Å². The molecule has 0 radical (unpaired) electrons. The van der Waals surface area contributed by atoms with Gasteiger partial charge >= 0.3 is 0 Å². The predicted molar refractivity (Wildman–Crippen MR) is 80.7 cm³/mol. The van der Waals surface area contributed by atoms with Gasteiger partial charge in [0, 0.05) is 22.5 Å². The first-order valence-corrected chi connectivity index (χ1v) is 6.69. The van der Waals surface area contributed by atoms with Crippen LogP contribution in [0.25, 0.3) is 27.5 Å². The second-order valence-corrected chi connectivity index (χ2v) is 4.97. The number of para-hydroxylation sites is 2. The Morgan fingerprint density at radius 1 is 0.714 bits per heavy atom. The Labute approximate surface area is 120 Å². The fraction of sp³-hybridized carbons (Fsp3) is 0. The van der Waals surface area contributed by atoms with Gasteiger partial charge in [0.1, 0.15) is 5.82 Å². The van der Waals surface area contributed by atoms with E-state index < -0.39 is 11.6 Å². The number of halogens is 2. The lowest BCUT2D eigenvalue weighted by Gasteiger charge is -2.07. The monoisotopic (exact) mass is 279 g/mol. The lowest BCUT2D eigenvalue weighted by atomic mass is 10.1. The SMILES string of the molecule is Fc1cc(F)c2c(c1)c1ccccc1n2-c1ccccc1. The molecular weight excluding hydrogens is 268 g/mol. The molecule has 1 nitrogen and oxygen atoms in total. The molecule has 4 rings (SSSR count). The van der Waals surface area contributed by atoms with Crippen molar-refractivity contribution < 1.29 is 8.78 Å². The third kappa shape index (κ3) is 1.74. The highest BCUT2D eigenvalue weighted by Crippen LogP contribution is 2.33. The first-order valence-electron chi connectivity index (χ1n) is 6.69. The standard InChI is InChI=1S/C18H11F2N/c19-12-10-15-14-8-4-5-9-17(14)21(18(15)16(20)11-12)13-6-2-1-3-7-13/h1-11H. The van der Waals surface area contributed by atoms with Gasteiger partial charge in [-0.3, -0.25) is 0 Å². The number of hydrogen-bond acceptors (Lipinski definition) is 0. The van der Waals surface area contributed by atoms with Crippen molar-refractivity contribution in [2.75, 3.05) is 0 Å². The topological polar surface area (TPSA) is 4.93 Å². The van der Waals surface area contributed by atoms with Gasteiger partial charge in [0.25, 0.3) is 0 Å². The molecule has 0 aliphatic heterocycles. The summed E-state index contributed by atoms with van der Waals surface area (Å²) in [5, 5.41) is 1.43. The Morgan fingerprint density at radius 2 is 1.43 bits per heavy atom. The Kier molecular flexibility index (Phi) is 2.54. The average Bonchev–Trinajstić information content (AvgIpc) is 2.83. The van der Waals surface area contributed by atoms with E-state index in [1.165, 1.54) is 6.07 Å². The smallest absolute Gasteiger partial charge is 0.150 e. The van der Waals surface area contributed by atoms with Crippen molar-refractivity contribution in [1.29, 1.82) is 0 Å². The lowest BCUT2D eigenvalue weighted by Crippen LogP contribution is -1.95. The molecule has 3 aromatic carbocycles. The van der Waals surface area contributed by atoms with Gasteiger partial charge in [-0.25, -0.2) is 8.78 Å². The van der Waals surface area contributed by atoms with E-state index >= 15 is 0 Å². The molecule has 0 atom stereocenters. The minimum Gasteiger partial charge on any atom is -0.307 e. The van der Waals surface area contributed by atoms with Crippen LogP contribution in [0.3, 0.4) is 0 Å². The maximum absolute atomic E-state index is 14.4. The molecule has 1 heterocycles. The second-order valence-electron chi connectivity index (χ2n) is 4.97. The Balaban J connectivity index is 2.27. The van der Waals surface area contributed by atoms with Crippen molar-refractivity contribution in [1.82, 2.24) is 4.57 Å². The molecule has 0 aliphatic carbocycles. The summed E-state index contributed by atoms with van der Waals surface area (Å²) < 4.78 is 29.8. The minimum absolute atomic E-state index is 0.406. The summed E-state index contributed by atoms with van der Waals surface area (Å²) in [6, 6.07) is 19.4. The van der Waals surface area contributed by atoms with E-state index in [0.29, 0.717) is 10.9 Å². The van der Waals surface area contributed by atoms with Gasteiger partial charge in [0.15, 0.2) is 5.82 Å². The summed E-state index contributed by atoms with van der Waals surface area (Å²) in [5.74, 6) is -1.11. The summed E-state index contributed by atoms with van der Waals surface area (Å²) >= 11 is 0. The van der Waals surface area contributed by atoms with Crippen LogP contribution in [-0.4, -0.2) is 4.57 Å². The first-order chi connectivity index (χ1) is 10.3. The third-order valence-electron chi connectivity index (χ3n) is 3.70. The number of nitrogens with zero attached hydrogens (tertiary/aromatic N) is 1. The molecule has 0 aliphatic rings. The van der Waals surface area contributed by atoms with Crippen LogP contribution in [-0.2, 0) is 0 Å². The average molecular weight is 279 g/mol. The molecule has 0 N–H and O–H groups in total. The van der Waals surface area contributed by atoms with Crippen LogP contribution in [0.1, 0.15) is 0 Å².